The molecule has 1 atom stereocenters. The van der Waals surface area contributed by atoms with E-state index in [9.17, 15) is 4.79 Å². The van der Waals surface area contributed by atoms with Crippen molar-refractivity contribution in [2.75, 3.05) is 0 Å². The number of aryl methyl sites for hydroxylation is 1. The fourth-order valence-corrected chi connectivity index (χ4v) is 2.55. The first-order chi connectivity index (χ1) is 8.72. The molecule has 94 valence electrons. The molecule has 1 unspecified atom stereocenters. The SMILES string of the molecule is CCc1cnccc1C(=O)NC(C)c1cccs1. The molecule has 0 aliphatic heterocycles. The van der Waals surface area contributed by atoms with Gasteiger partial charge in [0.25, 0.3) is 5.91 Å². The van der Waals surface area contributed by atoms with E-state index < -0.39 is 0 Å². The highest BCUT2D eigenvalue weighted by Gasteiger charge is 2.14. The predicted octanol–water partition coefficient (Wildman–Crippen LogP) is 3.20. The molecular formula is C14H16N2OS. The van der Waals surface area contributed by atoms with Gasteiger partial charge in [0.05, 0.1) is 6.04 Å². The maximum absolute atomic E-state index is 12.2. The molecule has 18 heavy (non-hydrogen) atoms. The maximum atomic E-state index is 12.2. The quantitative estimate of drug-likeness (QED) is 0.917. The highest BCUT2D eigenvalue weighted by atomic mass is 32.1. The van der Waals surface area contributed by atoms with Gasteiger partial charge in [0, 0.05) is 22.8 Å². The molecule has 2 aromatic rings. The summed E-state index contributed by atoms with van der Waals surface area (Å²) < 4.78 is 0. The molecule has 1 amide bonds. The first kappa shape index (κ1) is 12.8. The molecule has 2 rings (SSSR count). The van der Waals surface area contributed by atoms with E-state index in [0.717, 1.165) is 22.4 Å². The Balaban J connectivity index is 2.12. The largest absolute Gasteiger partial charge is 0.345 e. The summed E-state index contributed by atoms with van der Waals surface area (Å²) in [5, 5.41) is 5.03. The van der Waals surface area contributed by atoms with Crippen molar-refractivity contribution < 1.29 is 4.79 Å². The summed E-state index contributed by atoms with van der Waals surface area (Å²) in [5.41, 5.74) is 1.70. The smallest absolute Gasteiger partial charge is 0.252 e. The summed E-state index contributed by atoms with van der Waals surface area (Å²) in [4.78, 5) is 17.4. The van der Waals surface area contributed by atoms with Crippen LogP contribution in [0.2, 0.25) is 0 Å². The van der Waals surface area contributed by atoms with Gasteiger partial charge < -0.3 is 5.32 Å². The van der Waals surface area contributed by atoms with E-state index in [-0.39, 0.29) is 11.9 Å². The highest BCUT2D eigenvalue weighted by molar-refractivity contribution is 7.10. The van der Waals surface area contributed by atoms with Crippen LogP contribution >= 0.6 is 11.3 Å². The van der Waals surface area contributed by atoms with Gasteiger partial charge in [-0.2, -0.15) is 0 Å². The van der Waals surface area contributed by atoms with Crippen LogP contribution in [0.4, 0.5) is 0 Å². The molecular weight excluding hydrogens is 244 g/mol. The van der Waals surface area contributed by atoms with Crippen LogP contribution in [0.5, 0.6) is 0 Å². The van der Waals surface area contributed by atoms with Crippen LogP contribution < -0.4 is 5.32 Å². The van der Waals surface area contributed by atoms with Crippen LogP contribution in [-0.4, -0.2) is 10.9 Å². The number of pyridine rings is 1. The number of hydrogen-bond acceptors (Lipinski definition) is 3. The van der Waals surface area contributed by atoms with Crippen LogP contribution in [0.15, 0.2) is 36.0 Å². The lowest BCUT2D eigenvalue weighted by molar-refractivity contribution is 0.0939. The van der Waals surface area contributed by atoms with E-state index in [1.165, 1.54) is 0 Å². The normalized spacial score (nSPS) is 12.1. The van der Waals surface area contributed by atoms with Gasteiger partial charge in [0.1, 0.15) is 0 Å². The van der Waals surface area contributed by atoms with Gasteiger partial charge in [-0.15, -0.1) is 11.3 Å². The van der Waals surface area contributed by atoms with Gasteiger partial charge >= 0.3 is 0 Å². The Morgan fingerprint density at radius 1 is 1.50 bits per heavy atom. The summed E-state index contributed by atoms with van der Waals surface area (Å²) in [6, 6.07) is 5.83. The third-order valence-corrected chi connectivity index (χ3v) is 3.90. The second-order valence-electron chi connectivity index (χ2n) is 4.10. The lowest BCUT2D eigenvalue weighted by atomic mass is 10.1. The lowest BCUT2D eigenvalue weighted by Gasteiger charge is -2.13. The number of carbonyl (C=O) groups excluding carboxylic acids is 1. The molecule has 2 aromatic heterocycles. The summed E-state index contributed by atoms with van der Waals surface area (Å²) in [6.07, 6.45) is 4.22. The highest BCUT2D eigenvalue weighted by Crippen LogP contribution is 2.19. The van der Waals surface area contributed by atoms with Crippen molar-refractivity contribution in [1.29, 1.82) is 0 Å². The maximum Gasteiger partial charge on any atom is 0.252 e. The zero-order valence-corrected chi connectivity index (χ0v) is 11.3. The Bertz CT molecular complexity index is 522. The van der Waals surface area contributed by atoms with Crippen molar-refractivity contribution in [3.8, 4) is 0 Å². The zero-order valence-electron chi connectivity index (χ0n) is 10.5. The van der Waals surface area contributed by atoms with Crippen molar-refractivity contribution >= 4 is 17.2 Å². The molecule has 3 nitrogen and oxygen atoms in total. The molecule has 0 saturated carbocycles. The number of thiophene rings is 1. The first-order valence-corrected chi connectivity index (χ1v) is 6.87. The van der Waals surface area contributed by atoms with Crippen LogP contribution in [0.3, 0.4) is 0 Å². The van der Waals surface area contributed by atoms with Gasteiger partial charge in [-0.3, -0.25) is 9.78 Å². The lowest BCUT2D eigenvalue weighted by Crippen LogP contribution is -2.27. The fourth-order valence-electron chi connectivity index (χ4n) is 1.81. The number of nitrogens with zero attached hydrogens (tertiary/aromatic N) is 1. The molecule has 0 saturated heterocycles. The van der Waals surface area contributed by atoms with E-state index in [4.69, 9.17) is 0 Å². The molecule has 0 aliphatic carbocycles. The summed E-state index contributed by atoms with van der Waals surface area (Å²) in [6.45, 7) is 4.02. The first-order valence-electron chi connectivity index (χ1n) is 5.99. The average Bonchev–Trinajstić information content (AvgIpc) is 2.92. The molecule has 0 aliphatic rings. The molecule has 0 aromatic carbocycles. The van der Waals surface area contributed by atoms with Gasteiger partial charge in [-0.1, -0.05) is 13.0 Å². The minimum absolute atomic E-state index is 0.0323. The Labute approximate surface area is 111 Å². The van der Waals surface area contributed by atoms with Crippen molar-refractivity contribution in [2.45, 2.75) is 26.3 Å². The molecule has 0 fully saturated rings. The van der Waals surface area contributed by atoms with Crippen LogP contribution in [-0.2, 0) is 6.42 Å². The van der Waals surface area contributed by atoms with Crippen LogP contribution in [0.1, 0.15) is 40.7 Å². The molecule has 0 radical (unpaired) electrons. The Kier molecular flexibility index (Phi) is 4.10. The summed E-state index contributed by atoms with van der Waals surface area (Å²) in [7, 11) is 0. The molecule has 0 spiro atoms. The number of amides is 1. The van der Waals surface area contributed by atoms with E-state index in [2.05, 4.69) is 10.3 Å². The van der Waals surface area contributed by atoms with E-state index in [1.54, 1.807) is 29.8 Å². The van der Waals surface area contributed by atoms with Gasteiger partial charge in [-0.25, -0.2) is 0 Å². The third kappa shape index (κ3) is 2.76. The monoisotopic (exact) mass is 260 g/mol. The Morgan fingerprint density at radius 3 is 3.00 bits per heavy atom. The summed E-state index contributed by atoms with van der Waals surface area (Å²) in [5.74, 6) is -0.0323. The third-order valence-electron chi connectivity index (χ3n) is 2.85. The standard InChI is InChI=1S/C14H16N2OS/c1-3-11-9-15-7-6-12(11)14(17)16-10(2)13-5-4-8-18-13/h4-10H,3H2,1-2H3,(H,16,17). The number of carbonyl (C=O) groups is 1. The minimum atomic E-state index is -0.0323. The number of aromatic nitrogens is 1. The Hall–Kier alpha value is -1.68. The van der Waals surface area contributed by atoms with Crippen LogP contribution in [0, 0.1) is 0 Å². The Morgan fingerprint density at radius 2 is 2.33 bits per heavy atom. The van der Waals surface area contributed by atoms with Crippen molar-refractivity contribution in [1.82, 2.24) is 10.3 Å². The van der Waals surface area contributed by atoms with Gasteiger partial charge in [-0.05, 0) is 36.4 Å². The van der Waals surface area contributed by atoms with Crippen LogP contribution in [0.25, 0.3) is 0 Å². The van der Waals surface area contributed by atoms with Crippen molar-refractivity contribution in [2.24, 2.45) is 0 Å². The van der Waals surface area contributed by atoms with Crippen molar-refractivity contribution in [3.63, 3.8) is 0 Å². The molecule has 0 bridgehead atoms. The fraction of sp³-hybridized carbons (Fsp3) is 0.286. The van der Waals surface area contributed by atoms with E-state index in [0.29, 0.717) is 0 Å². The molecule has 4 heteroatoms. The minimum Gasteiger partial charge on any atom is -0.345 e. The number of nitrogens with one attached hydrogen (secondary N) is 1. The number of hydrogen-bond donors (Lipinski definition) is 1. The molecule has 2 heterocycles. The summed E-state index contributed by atoms with van der Waals surface area (Å²) >= 11 is 1.65. The van der Waals surface area contributed by atoms with E-state index in [1.807, 2.05) is 31.4 Å². The second kappa shape index (κ2) is 5.78. The van der Waals surface area contributed by atoms with E-state index >= 15 is 0 Å². The van der Waals surface area contributed by atoms with Gasteiger partial charge in [0.2, 0.25) is 0 Å². The predicted molar refractivity (Wildman–Crippen MR) is 73.8 cm³/mol. The number of rotatable bonds is 4. The van der Waals surface area contributed by atoms with Crippen molar-refractivity contribution in [3.05, 3.63) is 52.0 Å². The second-order valence-corrected chi connectivity index (χ2v) is 5.08. The average molecular weight is 260 g/mol. The zero-order chi connectivity index (χ0) is 13.0. The van der Waals surface area contributed by atoms with Gasteiger partial charge in [0.15, 0.2) is 0 Å². The molecule has 1 N–H and O–H groups in total. The topological polar surface area (TPSA) is 42.0 Å².